The Bertz CT molecular complexity index is 1730. The first-order valence-electron chi connectivity index (χ1n) is 13.9. The zero-order chi connectivity index (χ0) is 31.0. The molecule has 0 bridgehead atoms. The molecule has 0 unspecified atom stereocenters. The molecule has 2 aromatic rings. The number of allylic oxidation sites excluding steroid dienone is 10. The molecule has 0 radical (unpaired) electrons. The van der Waals surface area contributed by atoms with Gasteiger partial charge in [0.15, 0.2) is 0 Å². The van der Waals surface area contributed by atoms with Crippen LogP contribution in [0, 0.1) is 11.3 Å². The van der Waals surface area contributed by atoms with Gasteiger partial charge in [-0.3, -0.25) is 9.56 Å². The lowest BCUT2D eigenvalue weighted by atomic mass is 10.0. The van der Waals surface area contributed by atoms with Crippen LogP contribution in [-0.2, 0) is 6.54 Å². The van der Waals surface area contributed by atoms with Gasteiger partial charge in [0.1, 0.15) is 5.76 Å². The zero-order valence-electron chi connectivity index (χ0n) is 25.3. The van der Waals surface area contributed by atoms with E-state index in [1.165, 1.54) is 10.6 Å². The standard InChI is InChI=1S/C33H38N6O3/c1-8-22(6)14-23(7)15-27(10-3)39-32(41)37-31(38(33(39)42)20-25-13-11-12-24(16-25)19-34)36-29-17-26(9-2)28(18-30(29)40)35-21(4)5/h9-18,21,40H,8,20H2,1-7H3,(H,36,37,41)/b22-14+,23-15-,26-9-,27-10+,35-28-. The van der Waals surface area contributed by atoms with E-state index in [-0.39, 0.29) is 30.0 Å². The second-order valence-electron chi connectivity index (χ2n) is 10.2. The maximum Gasteiger partial charge on any atom is 0.359 e. The molecule has 1 aromatic heterocycles. The first kappa shape index (κ1) is 31.6. The highest BCUT2D eigenvalue weighted by Crippen LogP contribution is 2.22. The van der Waals surface area contributed by atoms with Crippen molar-refractivity contribution in [3.63, 3.8) is 0 Å². The van der Waals surface area contributed by atoms with Crippen LogP contribution in [0.25, 0.3) is 5.70 Å². The van der Waals surface area contributed by atoms with Crippen LogP contribution < -0.4 is 16.7 Å². The lowest BCUT2D eigenvalue weighted by molar-refractivity contribution is 0.424. The minimum Gasteiger partial charge on any atom is -0.506 e. The smallest absolute Gasteiger partial charge is 0.359 e. The lowest BCUT2D eigenvalue weighted by Gasteiger charge is -2.20. The van der Waals surface area contributed by atoms with Gasteiger partial charge < -0.3 is 10.4 Å². The van der Waals surface area contributed by atoms with Crippen LogP contribution in [0.2, 0.25) is 0 Å². The number of aliphatic hydroxyl groups is 1. The van der Waals surface area contributed by atoms with Crippen molar-refractivity contribution in [3.05, 3.63) is 121 Å². The molecule has 2 N–H and O–H groups in total. The Kier molecular flexibility index (Phi) is 10.6. The minimum absolute atomic E-state index is 0.0189. The number of aromatic nitrogens is 3. The van der Waals surface area contributed by atoms with Crippen molar-refractivity contribution < 1.29 is 5.11 Å². The molecule has 3 rings (SSSR count). The second kappa shape index (κ2) is 14.1. The van der Waals surface area contributed by atoms with Crippen molar-refractivity contribution in [1.82, 2.24) is 14.1 Å². The van der Waals surface area contributed by atoms with Crippen molar-refractivity contribution in [2.75, 3.05) is 5.32 Å². The summed E-state index contributed by atoms with van der Waals surface area (Å²) < 4.78 is 2.34. The maximum atomic E-state index is 14.0. The fraction of sp³-hybridized carbons (Fsp3) is 0.303. The average molecular weight is 567 g/mol. The number of rotatable bonds is 9. The summed E-state index contributed by atoms with van der Waals surface area (Å²) >= 11 is 0. The molecule has 0 spiro atoms. The molecule has 0 fully saturated rings. The van der Waals surface area contributed by atoms with Gasteiger partial charge in [-0.1, -0.05) is 42.9 Å². The van der Waals surface area contributed by atoms with Crippen LogP contribution in [0.4, 0.5) is 5.95 Å². The molecule has 9 nitrogen and oxygen atoms in total. The fourth-order valence-electron chi connectivity index (χ4n) is 4.35. The molecular weight excluding hydrogens is 528 g/mol. The summed E-state index contributed by atoms with van der Waals surface area (Å²) in [5.41, 5.74) is 3.78. The van der Waals surface area contributed by atoms with Crippen LogP contribution in [0.15, 0.2) is 103 Å². The zero-order valence-corrected chi connectivity index (χ0v) is 25.3. The van der Waals surface area contributed by atoms with Gasteiger partial charge in [0.25, 0.3) is 0 Å². The van der Waals surface area contributed by atoms with E-state index < -0.39 is 11.4 Å². The highest BCUT2D eigenvalue weighted by atomic mass is 16.3. The Morgan fingerprint density at radius 1 is 1.19 bits per heavy atom. The number of benzene rings is 1. The van der Waals surface area contributed by atoms with E-state index in [0.717, 1.165) is 27.7 Å². The average Bonchev–Trinajstić information content (AvgIpc) is 2.95. The molecule has 0 amide bonds. The van der Waals surface area contributed by atoms with E-state index in [1.54, 1.807) is 49.4 Å². The van der Waals surface area contributed by atoms with E-state index >= 15 is 0 Å². The monoisotopic (exact) mass is 566 g/mol. The van der Waals surface area contributed by atoms with Crippen molar-refractivity contribution in [2.24, 2.45) is 4.99 Å². The Hall–Kier alpha value is -4.97. The Labute approximate surface area is 246 Å². The first-order chi connectivity index (χ1) is 20.0. The second-order valence-corrected chi connectivity index (χ2v) is 10.2. The van der Waals surface area contributed by atoms with Crippen molar-refractivity contribution in [2.45, 2.75) is 67.5 Å². The highest BCUT2D eigenvalue weighted by Gasteiger charge is 2.21. The lowest BCUT2D eigenvalue weighted by Crippen LogP contribution is -2.42. The number of aliphatic hydroxyl groups excluding tert-OH is 1. The number of anilines is 1. The predicted molar refractivity (Wildman–Crippen MR) is 170 cm³/mol. The van der Waals surface area contributed by atoms with Gasteiger partial charge >= 0.3 is 11.4 Å². The Balaban J connectivity index is 2.22. The summed E-state index contributed by atoms with van der Waals surface area (Å²) in [6.07, 6.45) is 11.4. The topological polar surface area (TPSA) is 125 Å². The summed E-state index contributed by atoms with van der Waals surface area (Å²) in [5.74, 6) is -0.158. The van der Waals surface area contributed by atoms with Gasteiger partial charge in [-0.15, -0.1) is 0 Å². The molecule has 0 saturated carbocycles. The molecule has 1 aliphatic carbocycles. The molecule has 0 aliphatic heterocycles. The Morgan fingerprint density at radius 2 is 1.93 bits per heavy atom. The fourth-order valence-corrected chi connectivity index (χ4v) is 4.35. The van der Waals surface area contributed by atoms with Gasteiger partial charge in [0.2, 0.25) is 5.95 Å². The largest absolute Gasteiger partial charge is 0.506 e. The molecule has 1 heterocycles. The third kappa shape index (κ3) is 7.61. The molecular formula is C33H38N6O3. The third-order valence-corrected chi connectivity index (χ3v) is 6.53. The van der Waals surface area contributed by atoms with Crippen LogP contribution in [0.1, 0.15) is 66.0 Å². The molecule has 218 valence electrons. The van der Waals surface area contributed by atoms with Gasteiger partial charge in [0.05, 0.1) is 35.3 Å². The van der Waals surface area contributed by atoms with Gasteiger partial charge in [-0.05, 0) is 89.0 Å². The van der Waals surface area contributed by atoms with Gasteiger partial charge in [0, 0.05) is 12.1 Å². The van der Waals surface area contributed by atoms with Crippen molar-refractivity contribution >= 4 is 17.4 Å². The normalized spacial score (nSPS) is 16.5. The minimum atomic E-state index is -0.772. The van der Waals surface area contributed by atoms with Gasteiger partial charge in [-0.2, -0.15) is 10.2 Å². The van der Waals surface area contributed by atoms with E-state index in [2.05, 4.69) is 28.3 Å². The summed E-state index contributed by atoms with van der Waals surface area (Å²) in [6.45, 7) is 13.5. The SMILES string of the molecule is C/C=C1/C=C(Nc2nc(=O)n(C(/C=C(C)\C=C(/C)CC)=C/C)c(=O)n2Cc2cccc(C#N)c2)C(O)=C/C1=N/C(C)C. The quantitative estimate of drug-likeness (QED) is 0.357. The number of hydrogen-bond donors (Lipinski definition) is 2. The van der Waals surface area contributed by atoms with Crippen molar-refractivity contribution in [3.8, 4) is 6.07 Å². The maximum absolute atomic E-state index is 14.0. The van der Waals surface area contributed by atoms with Crippen LogP contribution in [0.3, 0.4) is 0 Å². The summed E-state index contributed by atoms with van der Waals surface area (Å²) in [6, 6.07) is 8.99. The van der Waals surface area contributed by atoms with Crippen LogP contribution >= 0.6 is 0 Å². The number of nitriles is 1. The molecule has 0 saturated heterocycles. The summed E-state index contributed by atoms with van der Waals surface area (Å²) in [7, 11) is 0. The predicted octanol–water partition coefficient (Wildman–Crippen LogP) is 6.04. The summed E-state index contributed by atoms with van der Waals surface area (Å²) in [4.78, 5) is 36.2. The number of hydrogen-bond acceptors (Lipinski definition) is 7. The van der Waals surface area contributed by atoms with E-state index in [1.807, 2.05) is 46.8 Å². The number of aliphatic imine (C=N–C) groups is 1. The van der Waals surface area contributed by atoms with E-state index in [0.29, 0.717) is 22.5 Å². The Morgan fingerprint density at radius 3 is 2.55 bits per heavy atom. The number of nitrogens with zero attached hydrogens (tertiary/aromatic N) is 5. The van der Waals surface area contributed by atoms with E-state index in [9.17, 15) is 20.0 Å². The molecule has 0 atom stereocenters. The molecule has 9 heteroatoms. The third-order valence-electron chi connectivity index (χ3n) is 6.53. The molecule has 1 aliphatic rings. The number of nitrogens with one attached hydrogen (secondary N) is 1. The molecule has 42 heavy (non-hydrogen) atoms. The van der Waals surface area contributed by atoms with Crippen molar-refractivity contribution in [1.29, 1.82) is 5.26 Å². The first-order valence-corrected chi connectivity index (χ1v) is 13.9. The van der Waals surface area contributed by atoms with E-state index in [4.69, 9.17) is 0 Å². The van der Waals surface area contributed by atoms with Gasteiger partial charge in [-0.25, -0.2) is 14.2 Å². The van der Waals surface area contributed by atoms with Crippen LogP contribution in [0.5, 0.6) is 0 Å². The molecule has 1 aromatic carbocycles. The van der Waals surface area contributed by atoms with Crippen LogP contribution in [-0.4, -0.2) is 31.0 Å². The highest BCUT2D eigenvalue weighted by molar-refractivity contribution is 6.12. The summed E-state index contributed by atoms with van der Waals surface area (Å²) in [5, 5.41) is 23.2.